The van der Waals surface area contributed by atoms with Gasteiger partial charge in [-0.3, -0.25) is 4.79 Å². The number of allylic oxidation sites excluding steroid dienone is 1. The molecule has 2 atom stereocenters. The predicted octanol–water partition coefficient (Wildman–Crippen LogP) is 6.15. The topological polar surface area (TPSA) is 60.4 Å². The van der Waals surface area contributed by atoms with Gasteiger partial charge >= 0.3 is 0 Å². The fourth-order valence-electron chi connectivity index (χ4n) is 5.24. The van der Waals surface area contributed by atoms with Crippen LogP contribution in [0.2, 0.25) is 0 Å². The monoisotopic (exact) mass is 482 g/mol. The molecule has 6 nitrogen and oxygen atoms in total. The number of ether oxygens (including phenoxy) is 3. The lowest BCUT2D eigenvalue weighted by molar-refractivity contribution is 0.0680. The number of hydrazone groups is 1. The largest absolute Gasteiger partial charge is 0.493 e. The highest BCUT2D eigenvalue weighted by atomic mass is 16.5. The Labute approximate surface area is 211 Å². The summed E-state index contributed by atoms with van der Waals surface area (Å²) in [5.41, 5.74) is 4.84. The van der Waals surface area contributed by atoms with Crippen LogP contribution in [0.1, 0.15) is 46.8 Å². The third kappa shape index (κ3) is 4.35. The summed E-state index contributed by atoms with van der Waals surface area (Å²) in [6.45, 7) is 0. The average molecular weight is 483 g/mol. The van der Waals surface area contributed by atoms with Crippen molar-refractivity contribution in [1.29, 1.82) is 0 Å². The summed E-state index contributed by atoms with van der Waals surface area (Å²) in [6.07, 6.45) is 5.18. The Balaban J connectivity index is 1.60. The van der Waals surface area contributed by atoms with Gasteiger partial charge in [0, 0.05) is 11.5 Å². The summed E-state index contributed by atoms with van der Waals surface area (Å²) in [7, 11) is 4.64. The average Bonchev–Trinajstić information content (AvgIpc) is 3.33. The molecule has 0 N–H and O–H groups in total. The first-order valence-electron chi connectivity index (χ1n) is 12.2. The second kappa shape index (κ2) is 10.3. The van der Waals surface area contributed by atoms with E-state index < -0.39 is 0 Å². The van der Waals surface area contributed by atoms with Crippen molar-refractivity contribution in [2.75, 3.05) is 21.3 Å². The van der Waals surface area contributed by atoms with Gasteiger partial charge in [0.25, 0.3) is 5.91 Å². The van der Waals surface area contributed by atoms with Gasteiger partial charge in [-0.25, -0.2) is 5.01 Å². The quantitative estimate of drug-likeness (QED) is 0.423. The van der Waals surface area contributed by atoms with Crippen LogP contribution in [0.15, 0.2) is 83.5 Å². The Hall–Kier alpha value is -4.06. The minimum Gasteiger partial charge on any atom is -0.493 e. The zero-order valence-corrected chi connectivity index (χ0v) is 20.8. The normalized spacial score (nSPS) is 20.0. The van der Waals surface area contributed by atoms with Crippen LogP contribution in [-0.2, 0) is 0 Å². The van der Waals surface area contributed by atoms with Crippen molar-refractivity contribution in [3.8, 4) is 17.2 Å². The van der Waals surface area contributed by atoms with Gasteiger partial charge in [-0.2, -0.15) is 5.10 Å². The summed E-state index contributed by atoms with van der Waals surface area (Å²) in [5, 5.41) is 6.65. The Kier molecular flexibility index (Phi) is 6.76. The Morgan fingerprint density at radius 3 is 2.17 bits per heavy atom. The van der Waals surface area contributed by atoms with Crippen LogP contribution in [0.4, 0.5) is 0 Å². The first-order valence-corrected chi connectivity index (χ1v) is 12.2. The molecule has 1 aliphatic carbocycles. The first kappa shape index (κ1) is 23.7. The fraction of sp³-hybridized carbons (Fsp3) is 0.267. The van der Waals surface area contributed by atoms with Gasteiger partial charge < -0.3 is 14.2 Å². The zero-order valence-electron chi connectivity index (χ0n) is 20.8. The molecule has 184 valence electrons. The molecule has 2 aliphatic rings. The maximum Gasteiger partial charge on any atom is 0.274 e. The summed E-state index contributed by atoms with van der Waals surface area (Å²) >= 11 is 0. The van der Waals surface area contributed by atoms with Crippen molar-refractivity contribution in [2.45, 2.75) is 25.3 Å². The molecule has 3 aromatic carbocycles. The number of nitrogens with zero attached hydrogens (tertiary/aromatic N) is 2. The molecule has 1 fully saturated rings. The Morgan fingerprint density at radius 2 is 1.56 bits per heavy atom. The van der Waals surface area contributed by atoms with E-state index >= 15 is 0 Å². The molecule has 0 aromatic heterocycles. The molecule has 1 saturated carbocycles. The second-order valence-corrected chi connectivity index (χ2v) is 8.98. The highest BCUT2D eigenvalue weighted by molar-refractivity contribution is 6.09. The molecule has 6 heteroatoms. The third-order valence-corrected chi connectivity index (χ3v) is 6.90. The fourth-order valence-corrected chi connectivity index (χ4v) is 5.24. The van der Waals surface area contributed by atoms with E-state index in [9.17, 15) is 4.79 Å². The van der Waals surface area contributed by atoms with Crippen molar-refractivity contribution in [3.05, 3.63) is 95.1 Å². The van der Waals surface area contributed by atoms with Gasteiger partial charge in [-0.05, 0) is 54.2 Å². The highest BCUT2D eigenvalue weighted by Crippen LogP contribution is 2.46. The first-order chi connectivity index (χ1) is 17.6. The standard InChI is InChI=1S/C30H30N2O4/c1-34-25-18-23(19-26(35-2)29(25)36-3)30(33)32-28(21-13-8-5-9-14-21)24-16-10-15-22(27(24)31-32)17-20-11-6-4-7-12-20/h4-9,11-14,17-19,24,28H,10,15-16H2,1-3H3/b22-17-/t24-,28+/m1/s1. The van der Waals surface area contributed by atoms with E-state index in [1.54, 1.807) is 38.5 Å². The second-order valence-electron chi connectivity index (χ2n) is 8.98. The van der Waals surface area contributed by atoms with E-state index in [1.165, 1.54) is 5.57 Å². The smallest absolute Gasteiger partial charge is 0.274 e. The molecule has 0 radical (unpaired) electrons. The minimum absolute atomic E-state index is 0.127. The Bertz CT molecular complexity index is 1280. The molecule has 1 amide bonds. The van der Waals surface area contributed by atoms with Crippen molar-refractivity contribution in [1.82, 2.24) is 5.01 Å². The molecule has 0 unspecified atom stereocenters. The Morgan fingerprint density at radius 1 is 0.917 bits per heavy atom. The lowest BCUT2D eigenvalue weighted by Gasteiger charge is -2.29. The number of benzene rings is 3. The van der Waals surface area contributed by atoms with Crippen LogP contribution in [0.3, 0.4) is 0 Å². The van der Waals surface area contributed by atoms with Crippen LogP contribution in [0.5, 0.6) is 17.2 Å². The van der Waals surface area contributed by atoms with Gasteiger partial charge in [0.15, 0.2) is 11.5 Å². The molecule has 5 rings (SSSR count). The van der Waals surface area contributed by atoms with E-state index in [1.807, 2.05) is 36.4 Å². The minimum atomic E-state index is -0.205. The molecule has 3 aromatic rings. The van der Waals surface area contributed by atoms with Gasteiger partial charge in [0.2, 0.25) is 5.75 Å². The third-order valence-electron chi connectivity index (χ3n) is 6.90. The molecule has 1 aliphatic heterocycles. The molecule has 0 spiro atoms. The van der Waals surface area contributed by atoms with Gasteiger partial charge in [0.1, 0.15) is 0 Å². The lowest BCUT2D eigenvalue weighted by Crippen LogP contribution is -2.32. The molecule has 36 heavy (non-hydrogen) atoms. The summed E-state index contributed by atoms with van der Waals surface area (Å²) < 4.78 is 16.4. The molecular formula is C30H30N2O4. The van der Waals surface area contributed by atoms with E-state index in [4.69, 9.17) is 19.3 Å². The van der Waals surface area contributed by atoms with Gasteiger partial charge in [0.05, 0.1) is 33.1 Å². The number of amides is 1. The number of carbonyl (C=O) groups excluding carboxylic acids is 1. The van der Waals surface area contributed by atoms with Gasteiger partial charge in [-0.1, -0.05) is 60.7 Å². The van der Waals surface area contributed by atoms with Crippen LogP contribution >= 0.6 is 0 Å². The number of rotatable bonds is 6. The van der Waals surface area contributed by atoms with E-state index in [-0.39, 0.29) is 17.9 Å². The van der Waals surface area contributed by atoms with Crippen LogP contribution in [0, 0.1) is 5.92 Å². The SMILES string of the molecule is COc1cc(C(=O)N2N=C3/C(=C\c4ccccc4)CCC[C@H]3[C@@H]2c2ccccc2)cc(OC)c1OC. The number of methoxy groups -OCH3 is 3. The number of hydrogen-bond donors (Lipinski definition) is 0. The van der Waals surface area contributed by atoms with Crippen molar-refractivity contribution >= 4 is 17.7 Å². The maximum atomic E-state index is 14.0. The van der Waals surface area contributed by atoms with E-state index in [2.05, 4.69) is 30.3 Å². The summed E-state index contributed by atoms with van der Waals surface area (Å²) in [5.74, 6) is 1.24. The van der Waals surface area contributed by atoms with Crippen LogP contribution in [0.25, 0.3) is 6.08 Å². The van der Waals surface area contributed by atoms with Crippen molar-refractivity contribution < 1.29 is 19.0 Å². The summed E-state index contributed by atoms with van der Waals surface area (Å²) in [4.78, 5) is 14.0. The van der Waals surface area contributed by atoms with Gasteiger partial charge in [-0.15, -0.1) is 0 Å². The van der Waals surface area contributed by atoms with E-state index in [0.29, 0.717) is 22.8 Å². The number of hydrogen-bond acceptors (Lipinski definition) is 5. The van der Waals surface area contributed by atoms with Crippen molar-refractivity contribution in [3.63, 3.8) is 0 Å². The van der Waals surface area contributed by atoms with E-state index in [0.717, 1.165) is 36.1 Å². The zero-order chi connectivity index (χ0) is 25.1. The number of fused-ring (bicyclic) bond motifs is 1. The van der Waals surface area contributed by atoms with Crippen LogP contribution < -0.4 is 14.2 Å². The molecular weight excluding hydrogens is 452 g/mol. The van der Waals surface area contributed by atoms with Crippen LogP contribution in [-0.4, -0.2) is 38.0 Å². The molecule has 0 bridgehead atoms. The lowest BCUT2D eigenvalue weighted by atomic mass is 9.77. The highest BCUT2D eigenvalue weighted by Gasteiger charge is 2.44. The van der Waals surface area contributed by atoms with Crippen molar-refractivity contribution in [2.24, 2.45) is 11.0 Å². The number of carbonyl (C=O) groups is 1. The molecule has 1 heterocycles. The molecule has 0 saturated heterocycles. The summed E-state index contributed by atoms with van der Waals surface area (Å²) in [6, 6.07) is 23.6. The predicted molar refractivity (Wildman–Crippen MR) is 141 cm³/mol. The maximum absolute atomic E-state index is 14.0.